The average Bonchev–Trinajstić information content (AvgIpc) is 2.67. The van der Waals surface area contributed by atoms with Crippen LogP contribution in [0.3, 0.4) is 0 Å². The van der Waals surface area contributed by atoms with E-state index in [1.165, 1.54) is 48.3 Å². The van der Waals surface area contributed by atoms with Gasteiger partial charge in [0.05, 0.1) is 12.6 Å². The zero-order valence-corrected chi connectivity index (χ0v) is 15.5. The van der Waals surface area contributed by atoms with Crippen LogP contribution in [0.15, 0.2) is 53.1 Å². The molecule has 0 amide bonds. The second-order valence-electron chi connectivity index (χ2n) is 7.15. The van der Waals surface area contributed by atoms with Gasteiger partial charge < -0.3 is 9.64 Å². The molecule has 0 atom stereocenters. The molecule has 3 aliphatic rings. The average molecular weight is 355 g/mol. The molecule has 0 aliphatic carbocycles. The van der Waals surface area contributed by atoms with E-state index in [-0.39, 0.29) is 5.70 Å². The fourth-order valence-electron chi connectivity index (χ4n) is 4.14. The second-order valence-corrected chi connectivity index (χ2v) is 7.15. The second kappa shape index (κ2) is 7.17. The number of aryl methyl sites for hydroxylation is 2. The molecule has 0 spiro atoms. The van der Waals surface area contributed by atoms with Gasteiger partial charge in [-0.15, -0.1) is 0 Å². The highest BCUT2D eigenvalue weighted by Gasteiger charge is 2.23. The van der Waals surface area contributed by atoms with E-state index in [0.29, 0.717) is 17.1 Å². The van der Waals surface area contributed by atoms with Crippen LogP contribution in [0, 0.1) is 17.9 Å². The van der Waals surface area contributed by atoms with Crippen molar-refractivity contribution in [2.45, 2.75) is 32.6 Å². The van der Waals surface area contributed by atoms with E-state index < -0.39 is 0 Å². The third kappa shape index (κ3) is 3.39. The molecule has 0 fully saturated rings. The maximum absolute atomic E-state index is 9.11. The van der Waals surface area contributed by atoms with Gasteiger partial charge in [0.15, 0.2) is 0 Å². The molecule has 4 heteroatoms. The lowest BCUT2D eigenvalue weighted by Gasteiger charge is -2.37. The Bertz CT molecular complexity index is 948. The van der Waals surface area contributed by atoms with E-state index in [0.717, 1.165) is 12.8 Å². The summed E-state index contributed by atoms with van der Waals surface area (Å²) < 4.78 is 5.76. The standard InChI is InChI=1S/C23H21N3O/c1-16-11-20(22(15-24)25-2)14-21(27-16)8-7-17-12-18-5-3-9-26-10-4-6-19(13-17)23(18)26/h7-8,11-14H,3-6,9-10H2,1H3/b8-7+,22-20+. The Morgan fingerprint density at radius 3 is 2.52 bits per heavy atom. The number of nitriles is 1. The van der Waals surface area contributed by atoms with E-state index in [4.69, 9.17) is 16.6 Å². The lowest BCUT2D eigenvalue weighted by molar-refractivity contribution is 0.318. The Labute approximate surface area is 160 Å². The number of hydrogen-bond acceptors (Lipinski definition) is 3. The van der Waals surface area contributed by atoms with Gasteiger partial charge in [0.1, 0.15) is 11.5 Å². The first-order chi connectivity index (χ1) is 13.2. The Morgan fingerprint density at radius 2 is 1.89 bits per heavy atom. The highest BCUT2D eigenvalue weighted by molar-refractivity contribution is 5.68. The van der Waals surface area contributed by atoms with Crippen LogP contribution in [0.2, 0.25) is 0 Å². The minimum absolute atomic E-state index is 0.0850. The number of allylic oxidation sites excluding steroid dienone is 6. The van der Waals surface area contributed by atoms with Gasteiger partial charge in [-0.3, -0.25) is 0 Å². The topological polar surface area (TPSA) is 40.6 Å². The molecule has 3 heterocycles. The summed E-state index contributed by atoms with van der Waals surface area (Å²) in [4.78, 5) is 5.84. The normalized spacial score (nSPS) is 20.0. The summed E-state index contributed by atoms with van der Waals surface area (Å²) in [6.45, 7) is 11.3. The number of ether oxygens (including phenoxy) is 1. The fraction of sp³-hybridized carbons (Fsp3) is 0.304. The zero-order valence-electron chi connectivity index (χ0n) is 15.5. The molecule has 0 unspecified atom stereocenters. The Morgan fingerprint density at radius 1 is 1.19 bits per heavy atom. The molecule has 0 saturated heterocycles. The van der Waals surface area contributed by atoms with Gasteiger partial charge in [-0.2, -0.15) is 0 Å². The molecule has 27 heavy (non-hydrogen) atoms. The van der Waals surface area contributed by atoms with E-state index in [1.807, 2.05) is 19.1 Å². The van der Waals surface area contributed by atoms with Gasteiger partial charge >= 0.3 is 0 Å². The van der Waals surface area contributed by atoms with Crippen molar-refractivity contribution in [3.8, 4) is 6.07 Å². The highest BCUT2D eigenvalue weighted by Crippen LogP contribution is 2.36. The predicted octanol–water partition coefficient (Wildman–Crippen LogP) is 4.91. The molecular formula is C23H21N3O. The van der Waals surface area contributed by atoms with Gasteiger partial charge in [-0.1, -0.05) is 6.08 Å². The lowest BCUT2D eigenvalue weighted by Crippen LogP contribution is -2.34. The first-order valence-corrected chi connectivity index (χ1v) is 9.36. The maximum atomic E-state index is 9.11. The Balaban J connectivity index is 1.65. The number of nitrogens with zero attached hydrogens (tertiary/aromatic N) is 3. The molecule has 1 aromatic carbocycles. The molecule has 1 aromatic rings. The molecule has 4 rings (SSSR count). The van der Waals surface area contributed by atoms with Gasteiger partial charge in [0.2, 0.25) is 0 Å². The molecule has 0 bridgehead atoms. The Hall–Kier alpha value is -3.24. The van der Waals surface area contributed by atoms with Crippen molar-refractivity contribution in [1.82, 2.24) is 0 Å². The number of anilines is 1. The summed E-state index contributed by atoms with van der Waals surface area (Å²) in [6, 6.07) is 6.52. The quantitative estimate of drug-likeness (QED) is 0.559. The molecule has 0 radical (unpaired) electrons. The lowest BCUT2D eigenvalue weighted by atomic mass is 9.90. The third-order valence-corrected chi connectivity index (χ3v) is 5.22. The van der Waals surface area contributed by atoms with Crippen molar-refractivity contribution in [2.24, 2.45) is 0 Å². The molecule has 134 valence electrons. The minimum Gasteiger partial charge on any atom is -0.462 e. The van der Waals surface area contributed by atoms with Gasteiger partial charge in [-0.05, 0) is 85.2 Å². The van der Waals surface area contributed by atoms with Crippen molar-refractivity contribution in [1.29, 1.82) is 5.26 Å². The molecule has 4 nitrogen and oxygen atoms in total. The van der Waals surface area contributed by atoms with Crippen molar-refractivity contribution in [3.05, 3.63) is 81.3 Å². The van der Waals surface area contributed by atoms with Gasteiger partial charge in [0.25, 0.3) is 5.70 Å². The summed E-state index contributed by atoms with van der Waals surface area (Å²) in [5.41, 5.74) is 6.24. The largest absolute Gasteiger partial charge is 0.462 e. The van der Waals surface area contributed by atoms with Crippen LogP contribution in [0.1, 0.15) is 36.5 Å². The van der Waals surface area contributed by atoms with Crippen LogP contribution in [0.25, 0.3) is 10.9 Å². The Kier molecular flexibility index (Phi) is 4.57. The van der Waals surface area contributed by atoms with Crippen molar-refractivity contribution in [3.63, 3.8) is 0 Å². The molecule has 0 N–H and O–H groups in total. The van der Waals surface area contributed by atoms with E-state index in [1.54, 1.807) is 12.2 Å². The molecule has 3 aliphatic heterocycles. The van der Waals surface area contributed by atoms with Gasteiger partial charge in [-0.25, -0.2) is 10.1 Å². The van der Waals surface area contributed by atoms with Crippen LogP contribution < -0.4 is 4.90 Å². The third-order valence-electron chi connectivity index (χ3n) is 5.22. The molecule has 0 aromatic heterocycles. The smallest absolute Gasteiger partial charge is 0.269 e. The summed E-state index contributed by atoms with van der Waals surface area (Å²) >= 11 is 0. The monoisotopic (exact) mass is 355 g/mol. The van der Waals surface area contributed by atoms with Gasteiger partial charge in [0, 0.05) is 18.8 Å². The molecular weight excluding hydrogens is 334 g/mol. The summed E-state index contributed by atoms with van der Waals surface area (Å²) in [7, 11) is 0. The van der Waals surface area contributed by atoms with Crippen LogP contribution >= 0.6 is 0 Å². The first kappa shape index (κ1) is 17.2. The summed E-state index contributed by atoms with van der Waals surface area (Å²) in [6.07, 6.45) is 12.2. The van der Waals surface area contributed by atoms with Crippen LogP contribution in [-0.2, 0) is 17.6 Å². The first-order valence-electron chi connectivity index (χ1n) is 9.36. The van der Waals surface area contributed by atoms with Crippen LogP contribution in [0.5, 0.6) is 0 Å². The molecule has 0 saturated carbocycles. The van der Waals surface area contributed by atoms with Crippen LogP contribution in [-0.4, -0.2) is 13.1 Å². The SMILES string of the molecule is [C-]#[N+]/C(C#N)=C1\C=C(C)OC(/C=C/c2cc3c4c(c2)CCCN4CCC3)=C1. The minimum atomic E-state index is 0.0850. The van der Waals surface area contributed by atoms with E-state index in [9.17, 15) is 0 Å². The maximum Gasteiger partial charge on any atom is 0.269 e. The van der Waals surface area contributed by atoms with Crippen molar-refractivity contribution >= 4 is 11.8 Å². The van der Waals surface area contributed by atoms with Crippen LogP contribution in [0.4, 0.5) is 5.69 Å². The number of benzene rings is 1. The number of hydrogen-bond donors (Lipinski definition) is 0. The highest BCUT2D eigenvalue weighted by atomic mass is 16.5. The van der Waals surface area contributed by atoms with E-state index in [2.05, 4.69) is 28.0 Å². The predicted molar refractivity (Wildman–Crippen MR) is 106 cm³/mol. The van der Waals surface area contributed by atoms with E-state index >= 15 is 0 Å². The fourth-order valence-corrected chi connectivity index (χ4v) is 4.14. The summed E-state index contributed by atoms with van der Waals surface area (Å²) in [5, 5.41) is 9.11. The summed E-state index contributed by atoms with van der Waals surface area (Å²) in [5.74, 6) is 1.33. The van der Waals surface area contributed by atoms with Crippen molar-refractivity contribution in [2.75, 3.05) is 18.0 Å². The van der Waals surface area contributed by atoms with Crippen molar-refractivity contribution < 1.29 is 4.74 Å². The number of rotatable bonds is 2. The zero-order chi connectivity index (χ0) is 18.8.